The first-order valence-electron chi connectivity index (χ1n) is 6.31. The zero-order valence-electron chi connectivity index (χ0n) is 11.9. The number of ether oxygens (including phenoxy) is 3. The van der Waals surface area contributed by atoms with Crippen LogP contribution < -0.4 is 5.32 Å². The van der Waals surface area contributed by atoms with Crippen LogP contribution in [0.2, 0.25) is 0 Å². The second kappa shape index (κ2) is 7.62. The number of amides is 1. The summed E-state index contributed by atoms with van der Waals surface area (Å²) in [7, 11) is 0. The molecule has 1 saturated heterocycles. The highest BCUT2D eigenvalue weighted by molar-refractivity contribution is 7.80. The topological polar surface area (TPSA) is 111 Å². The van der Waals surface area contributed by atoms with Gasteiger partial charge in [-0.25, -0.2) is 0 Å². The minimum Gasteiger partial charge on any atom is -0.463 e. The molecule has 21 heavy (non-hydrogen) atoms. The summed E-state index contributed by atoms with van der Waals surface area (Å²) in [6.07, 6.45) is -3.23. The molecule has 1 amide bonds. The van der Waals surface area contributed by atoms with Gasteiger partial charge in [0, 0.05) is 20.8 Å². The van der Waals surface area contributed by atoms with Gasteiger partial charge in [0.2, 0.25) is 5.91 Å². The van der Waals surface area contributed by atoms with Crippen molar-refractivity contribution in [2.45, 2.75) is 50.6 Å². The van der Waals surface area contributed by atoms with E-state index in [-0.39, 0.29) is 12.5 Å². The largest absolute Gasteiger partial charge is 0.463 e. The summed E-state index contributed by atoms with van der Waals surface area (Å²) < 4.78 is 15.2. The molecule has 0 aromatic heterocycles. The van der Waals surface area contributed by atoms with Crippen molar-refractivity contribution in [3.63, 3.8) is 0 Å². The average Bonchev–Trinajstić information content (AvgIpc) is 2.35. The predicted molar refractivity (Wildman–Crippen MR) is 73.4 cm³/mol. The van der Waals surface area contributed by atoms with Gasteiger partial charge in [0.1, 0.15) is 30.3 Å². The number of carbonyl (C=O) groups is 3. The fourth-order valence-electron chi connectivity index (χ4n) is 1.99. The number of thiol groups is 1. The third kappa shape index (κ3) is 5.18. The van der Waals surface area contributed by atoms with Gasteiger partial charge in [-0.15, -0.1) is 12.6 Å². The van der Waals surface area contributed by atoms with Crippen LogP contribution >= 0.6 is 12.6 Å². The van der Waals surface area contributed by atoms with E-state index in [1.54, 1.807) is 0 Å². The molecule has 1 aliphatic heterocycles. The first-order chi connectivity index (χ1) is 9.72. The Morgan fingerprint density at radius 2 is 1.86 bits per heavy atom. The van der Waals surface area contributed by atoms with Crippen LogP contribution in [0.3, 0.4) is 0 Å². The molecule has 0 aliphatic carbocycles. The van der Waals surface area contributed by atoms with Gasteiger partial charge in [-0.05, 0) is 0 Å². The second-order valence-corrected chi connectivity index (χ2v) is 5.17. The Balaban J connectivity index is 2.87. The highest BCUT2D eigenvalue weighted by Gasteiger charge is 2.46. The molecule has 1 rings (SSSR count). The summed E-state index contributed by atoms with van der Waals surface area (Å²) in [5.41, 5.74) is -0.831. The Morgan fingerprint density at radius 1 is 1.24 bits per heavy atom. The summed E-state index contributed by atoms with van der Waals surface area (Å²) in [6.45, 7) is 3.47. The molecule has 3 unspecified atom stereocenters. The van der Waals surface area contributed by atoms with Crippen LogP contribution in [0.25, 0.3) is 0 Å². The van der Waals surface area contributed by atoms with Crippen molar-refractivity contribution >= 4 is 30.5 Å². The van der Waals surface area contributed by atoms with E-state index in [1.807, 2.05) is 0 Å². The molecule has 0 bridgehead atoms. The summed E-state index contributed by atoms with van der Waals surface area (Å²) in [6, 6.07) is -0.821. The quantitative estimate of drug-likeness (QED) is 0.450. The average molecular weight is 321 g/mol. The zero-order valence-corrected chi connectivity index (χ0v) is 12.8. The summed E-state index contributed by atoms with van der Waals surface area (Å²) in [5, 5.41) is 12.7. The van der Waals surface area contributed by atoms with Crippen molar-refractivity contribution in [3.8, 4) is 0 Å². The minimum atomic E-state index is -1.27. The molecular formula is C12H19NO7S. The molecule has 120 valence electrons. The maximum Gasteiger partial charge on any atom is 0.303 e. The smallest absolute Gasteiger partial charge is 0.303 e. The van der Waals surface area contributed by atoms with Crippen molar-refractivity contribution in [1.82, 2.24) is 5.32 Å². The van der Waals surface area contributed by atoms with Crippen LogP contribution in [-0.4, -0.2) is 59.3 Å². The lowest BCUT2D eigenvalue weighted by molar-refractivity contribution is -0.198. The van der Waals surface area contributed by atoms with E-state index in [0.29, 0.717) is 0 Å². The number of hydrogen-bond acceptors (Lipinski definition) is 8. The molecule has 9 heteroatoms. The fraction of sp³-hybridized carbons (Fsp3) is 0.750. The summed E-state index contributed by atoms with van der Waals surface area (Å²) in [5.74, 6) is -1.54. The molecule has 0 aromatic rings. The zero-order chi connectivity index (χ0) is 16.2. The first kappa shape index (κ1) is 17.7. The number of nitrogens with one attached hydrogen (secondary N) is 1. The van der Waals surface area contributed by atoms with Crippen molar-refractivity contribution in [1.29, 1.82) is 0 Å². The molecule has 0 spiro atoms. The van der Waals surface area contributed by atoms with Crippen molar-refractivity contribution in [2.24, 2.45) is 0 Å². The Labute approximate surface area is 127 Å². The van der Waals surface area contributed by atoms with Gasteiger partial charge in [0.05, 0.1) is 0 Å². The molecular weight excluding hydrogens is 302 g/mol. The van der Waals surface area contributed by atoms with E-state index in [2.05, 4.69) is 17.9 Å². The maximum atomic E-state index is 11.2. The van der Waals surface area contributed by atoms with Gasteiger partial charge < -0.3 is 24.6 Å². The third-order valence-electron chi connectivity index (χ3n) is 2.82. The van der Waals surface area contributed by atoms with Crippen LogP contribution in [0, 0.1) is 0 Å². The normalized spacial score (nSPS) is 32.1. The number of aliphatic hydroxyl groups excluding tert-OH is 1. The van der Waals surface area contributed by atoms with E-state index < -0.39 is 41.7 Å². The van der Waals surface area contributed by atoms with Gasteiger partial charge in [-0.2, -0.15) is 0 Å². The SMILES string of the molecule is CC(=O)NC1C(OC(C)=O)[C@H](O)C(COC(C)=O)O[C@H]1S. The van der Waals surface area contributed by atoms with Gasteiger partial charge >= 0.3 is 11.9 Å². The molecule has 1 aliphatic rings. The molecule has 5 atom stereocenters. The van der Waals surface area contributed by atoms with Crippen LogP contribution in [-0.2, 0) is 28.6 Å². The summed E-state index contributed by atoms with van der Waals surface area (Å²) in [4.78, 5) is 33.2. The van der Waals surface area contributed by atoms with Crippen LogP contribution in [0.15, 0.2) is 0 Å². The maximum absolute atomic E-state index is 11.2. The van der Waals surface area contributed by atoms with Gasteiger partial charge in [0.15, 0.2) is 6.10 Å². The van der Waals surface area contributed by atoms with Crippen molar-refractivity contribution < 1.29 is 33.7 Å². The molecule has 2 N–H and O–H groups in total. The van der Waals surface area contributed by atoms with E-state index in [4.69, 9.17) is 14.2 Å². The number of rotatable bonds is 4. The molecule has 8 nitrogen and oxygen atoms in total. The Kier molecular flexibility index (Phi) is 6.43. The molecule has 1 fully saturated rings. The Morgan fingerprint density at radius 3 is 2.33 bits per heavy atom. The summed E-state index contributed by atoms with van der Waals surface area (Å²) >= 11 is 4.18. The minimum absolute atomic E-state index is 0.210. The van der Waals surface area contributed by atoms with E-state index in [9.17, 15) is 19.5 Å². The molecule has 1 heterocycles. The number of aliphatic hydroxyl groups is 1. The van der Waals surface area contributed by atoms with Gasteiger partial charge in [-0.3, -0.25) is 14.4 Å². The standard InChI is InChI=1S/C12H19NO7S/c1-5(14)13-9-11(19-7(3)16)10(17)8(20-12(9)21)4-18-6(2)15/h8-12,17,21H,4H2,1-3H3,(H,13,14)/t8?,9?,10-,11?,12+/m1/s1. The Bertz CT molecular complexity index is 416. The first-order valence-corrected chi connectivity index (χ1v) is 6.83. The predicted octanol–water partition coefficient (Wildman–Crippen LogP) is -0.998. The molecule has 0 aromatic carbocycles. The lowest BCUT2D eigenvalue weighted by atomic mass is 9.97. The van der Waals surface area contributed by atoms with Gasteiger partial charge in [-0.1, -0.05) is 0 Å². The highest BCUT2D eigenvalue weighted by atomic mass is 32.1. The number of carbonyl (C=O) groups excluding carboxylic acids is 3. The van der Waals surface area contributed by atoms with Crippen LogP contribution in [0.1, 0.15) is 20.8 Å². The molecule has 0 saturated carbocycles. The van der Waals surface area contributed by atoms with E-state index in [1.165, 1.54) is 20.8 Å². The lowest BCUT2D eigenvalue weighted by Gasteiger charge is -2.42. The van der Waals surface area contributed by atoms with Crippen molar-refractivity contribution in [3.05, 3.63) is 0 Å². The molecule has 0 radical (unpaired) electrons. The number of esters is 2. The lowest BCUT2D eigenvalue weighted by Crippen LogP contribution is -2.63. The third-order valence-corrected chi connectivity index (χ3v) is 3.26. The van der Waals surface area contributed by atoms with Gasteiger partial charge in [0.25, 0.3) is 0 Å². The van der Waals surface area contributed by atoms with Crippen LogP contribution in [0.5, 0.6) is 0 Å². The fourth-order valence-corrected chi connectivity index (χ4v) is 2.39. The number of hydrogen-bond donors (Lipinski definition) is 3. The van der Waals surface area contributed by atoms with E-state index >= 15 is 0 Å². The van der Waals surface area contributed by atoms with Crippen molar-refractivity contribution in [2.75, 3.05) is 6.61 Å². The Hall–Kier alpha value is -1.32. The highest BCUT2D eigenvalue weighted by Crippen LogP contribution is 2.26. The van der Waals surface area contributed by atoms with E-state index in [0.717, 1.165) is 0 Å². The van der Waals surface area contributed by atoms with Crippen LogP contribution in [0.4, 0.5) is 0 Å². The second-order valence-electron chi connectivity index (χ2n) is 4.66. The monoisotopic (exact) mass is 321 g/mol.